The smallest absolute Gasteiger partial charge is 0.213 e. The van der Waals surface area contributed by atoms with E-state index in [0.29, 0.717) is 5.88 Å². The predicted octanol–water partition coefficient (Wildman–Crippen LogP) is 2.27. The highest BCUT2D eigenvalue weighted by Crippen LogP contribution is 2.20. The Balaban J connectivity index is 1.88. The van der Waals surface area contributed by atoms with E-state index in [1.165, 1.54) is 5.56 Å². The number of nitrogens with zero attached hydrogens (tertiary/aromatic N) is 2. The molecule has 1 aromatic heterocycles. The molecule has 2 heterocycles. The number of ether oxygens (including phenoxy) is 1. The van der Waals surface area contributed by atoms with E-state index in [-0.39, 0.29) is 12.6 Å². The van der Waals surface area contributed by atoms with Gasteiger partial charge < -0.3 is 4.74 Å². The maximum Gasteiger partial charge on any atom is 0.213 e. The highest BCUT2D eigenvalue weighted by atomic mass is 19.1. The van der Waals surface area contributed by atoms with Gasteiger partial charge in [0.05, 0.1) is 13.8 Å². The summed E-state index contributed by atoms with van der Waals surface area (Å²) in [5.74, 6) is 0.930. The van der Waals surface area contributed by atoms with Crippen LogP contribution in [-0.4, -0.2) is 36.8 Å². The van der Waals surface area contributed by atoms with Gasteiger partial charge in [-0.2, -0.15) is 0 Å². The van der Waals surface area contributed by atoms with Crippen molar-refractivity contribution in [1.82, 2.24) is 9.88 Å². The van der Waals surface area contributed by atoms with Crippen LogP contribution >= 0.6 is 0 Å². The molecule has 0 atom stereocenters. The fourth-order valence-corrected chi connectivity index (χ4v) is 2.22. The molecule has 4 heteroatoms. The van der Waals surface area contributed by atoms with Gasteiger partial charge >= 0.3 is 0 Å². The highest BCUT2D eigenvalue weighted by Gasteiger charge is 2.18. The maximum atomic E-state index is 12.5. The summed E-state index contributed by atoms with van der Waals surface area (Å²) in [5, 5.41) is 0. The number of halogens is 1. The predicted molar refractivity (Wildman–Crippen MR) is 64.8 cm³/mol. The third-order valence-electron chi connectivity index (χ3n) is 3.34. The van der Waals surface area contributed by atoms with E-state index in [4.69, 9.17) is 4.74 Å². The van der Waals surface area contributed by atoms with Crippen LogP contribution in [0.1, 0.15) is 18.4 Å². The molecule has 0 spiro atoms. The fraction of sp³-hybridized carbons (Fsp3) is 0.615. The molecule has 1 aromatic rings. The number of alkyl halides is 1. The third-order valence-corrected chi connectivity index (χ3v) is 3.34. The van der Waals surface area contributed by atoms with Crippen LogP contribution in [0, 0.1) is 5.92 Å². The van der Waals surface area contributed by atoms with Crippen LogP contribution in [0.4, 0.5) is 4.39 Å². The minimum Gasteiger partial charge on any atom is -0.481 e. The largest absolute Gasteiger partial charge is 0.481 e. The molecular weight excluding hydrogens is 219 g/mol. The van der Waals surface area contributed by atoms with Crippen molar-refractivity contribution in [1.29, 1.82) is 0 Å². The molecular formula is C13H19FN2O. The maximum absolute atomic E-state index is 12.5. The van der Waals surface area contributed by atoms with E-state index in [1.807, 2.05) is 12.1 Å². The Hall–Kier alpha value is -1.16. The first-order valence-electron chi connectivity index (χ1n) is 6.09. The van der Waals surface area contributed by atoms with Gasteiger partial charge in [-0.1, -0.05) is 0 Å². The lowest BCUT2D eigenvalue weighted by Crippen LogP contribution is -2.33. The average Bonchev–Trinajstić information content (AvgIpc) is 2.40. The molecule has 94 valence electrons. The number of methoxy groups -OCH3 is 1. The molecule has 0 aromatic carbocycles. The van der Waals surface area contributed by atoms with E-state index in [2.05, 4.69) is 9.88 Å². The number of piperidine rings is 1. The Bertz CT molecular complexity index is 351. The van der Waals surface area contributed by atoms with Gasteiger partial charge in [-0.25, -0.2) is 4.98 Å². The summed E-state index contributed by atoms with van der Waals surface area (Å²) >= 11 is 0. The van der Waals surface area contributed by atoms with Crippen LogP contribution in [0.5, 0.6) is 5.88 Å². The van der Waals surface area contributed by atoms with Crippen molar-refractivity contribution in [2.24, 2.45) is 5.92 Å². The second-order valence-electron chi connectivity index (χ2n) is 4.58. The molecule has 1 saturated heterocycles. The Morgan fingerprint density at radius 1 is 1.47 bits per heavy atom. The minimum atomic E-state index is -0.170. The van der Waals surface area contributed by atoms with Crippen molar-refractivity contribution in [2.45, 2.75) is 19.4 Å². The topological polar surface area (TPSA) is 25.4 Å². The van der Waals surface area contributed by atoms with Crippen molar-refractivity contribution in [3.8, 4) is 5.88 Å². The minimum absolute atomic E-state index is 0.170. The summed E-state index contributed by atoms with van der Waals surface area (Å²) in [6.07, 6.45) is 3.71. The first kappa shape index (κ1) is 12.3. The number of hydrogen-bond acceptors (Lipinski definition) is 3. The number of pyridine rings is 1. The molecule has 0 N–H and O–H groups in total. The van der Waals surface area contributed by atoms with Gasteiger partial charge in [-0.05, 0) is 43.5 Å². The quantitative estimate of drug-likeness (QED) is 0.804. The second-order valence-corrected chi connectivity index (χ2v) is 4.58. The van der Waals surface area contributed by atoms with Crippen molar-refractivity contribution >= 4 is 0 Å². The Kier molecular flexibility index (Phi) is 4.31. The zero-order valence-electron chi connectivity index (χ0n) is 10.2. The van der Waals surface area contributed by atoms with Gasteiger partial charge in [-0.3, -0.25) is 9.29 Å². The lowest BCUT2D eigenvalue weighted by Gasteiger charge is -2.30. The zero-order chi connectivity index (χ0) is 12.1. The number of likely N-dealkylation sites (tertiary alicyclic amines) is 1. The van der Waals surface area contributed by atoms with E-state index in [1.54, 1.807) is 13.3 Å². The third kappa shape index (κ3) is 3.40. The molecule has 3 nitrogen and oxygen atoms in total. The number of hydrogen-bond donors (Lipinski definition) is 0. The van der Waals surface area contributed by atoms with Crippen LogP contribution in [0.15, 0.2) is 18.3 Å². The molecule has 1 fully saturated rings. The Morgan fingerprint density at radius 3 is 2.88 bits per heavy atom. The van der Waals surface area contributed by atoms with Crippen LogP contribution < -0.4 is 4.74 Å². The van der Waals surface area contributed by atoms with Gasteiger partial charge in [0.25, 0.3) is 0 Å². The van der Waals surface area contributed by atoms with E-state index in [0.717, 1.165) is 32.5 Å². The van der Waals surface area contributed by atoms with Gasteiger partial charge in [0, 0.05) is 18.8 Å². The van der Waals surface area contributed by atoms with Crippen LogP contribution in [0.2, 0.25) is 0 Å². The molecule has 2 rings (SSSR count). The van der Waals surface area contributed by atoms with Gasteiger partial charge in [-0.15, -0.1) is 0 Å². The standard InChI is InChI=1S/C13H19FN2O/c1-17-13-8-12(2-5-15-13)10-16-6-3-11(9-14)4-7-16/h2,5,8,11H,3-4,6-7,9-10H2,1H3. The van der Waals surface area contributed by atoms with Crippen LogP contribution in [0.25, 0.3) is 0 Å². The summed E-state index contributed by atoms with van der Waals surface area (Å²) < 4.78 is 17.6. The van der Waals surface area contributed by atoms with Crippen LogP contribution in [0.3, 0.4) is 0 Å². The number of aromatic nitrogens is 1. The molecule has 0 saturated carbocycles. The normalized spacial score (nSPS) is 18.2. The second kappa shape index (κ2) is 5.96. The van der Waals surface area contributed by atoms with E-state index in [9.17, 15) is 4.39 Å². The lowest BCUT2D eigenvalue weighted by molar-refractivity contribution is 0.159. The molecule has 17 heavy (non-hydrogen) atoms. The summed E-state index contributed by atoms with van der Waals surface area (Å²) in [6.45, 7) is 2.70. The molecule has 0 bridgehead atoms. The Morgan fingerprint density at radius 2 is 2.24 bits per heavy atom. The highest BCUT2D eigenvalue weighted by molar-refractivity contribution is 5.20. The van der Waals surface area contributed by atoms with Gasteiger partial charge in [0.15, 0.2) is 0 Å². The Labute approximate surface area is 102 Å². The van der Waals surface area contributed by atoms with E-state index >= 15 is 0 Å². The molecule has 0 amide bonds. The van der Waals surface area contributed by atoms with Crippen LogP contribution in [-0.2, 0) is 6.54 Å². The summed E-state index contributed by atoms with van der Waals surface area (Å²) in [6, 6.07) is 3.96. The van der Waals surface area contributed by atoms with Crippen molar-refractivity contribution in [3.63, 3.8) is 0 Å². The monoisotopic (exact) mass is 238 g/mol. The first-order valence-corrected chi connectivity index (χ1v) is 6.09. The molecule has 0 radical (unpaired) electrons. The SMILES string of the molecule is COc1cc(CN2CCC(CF)CC2)ccn1. The molecule has 1 aliphatic heterocycles. The first-order chi connectivity index (χ1) is 8.31. The molecule has 0 aliphatic carbocycles. The summed E-state index contributed by atoms with van der Waals surface area (Å²) in [5.41, 5.74) is 1.20. The van der Waals surface area contributed by atoms with Gasteiger partial charge in [0.2, 0.25) is 5.88 Å². The van der Waals surface area contributed by atoms with Crippen molar-refractivity contribution < 1.29 is 9.13 Å². The van der Waals surface area contributed by atoms with Crippen molar-refractivity contribution in [2.75, 3.05) is 26.9 Å². The lowest BCUT2D eigenvalue weighted by atomic mass is 9.98. The van der Waals surface area contributed by atoms with Crippen molar-refractivity contribution in [3.05, 3.63) is 23.9 Å². The summed E-state index contributed by atoms with van der Waals surface area (Å²) in [7, 11) is 1.62. The zero-order valence-corrected chi connectivity index (χ0v) is 10.2. The fourth-order valence-electron chi connectivity index (χ4n) is 2.22. The molecule has 0 unspecified atom stereocenters. The number of rotatable bonds is 4. The van der Waals surface area contributed by atoms with E-state index < -0.39 is 0 Å². The molecule has 1 aliphatic rings. The summed E-state index contributed by atoms with van der Waals surface area (Å²) in [4.78, 5) is 6.45. The van der Waals surface area contributed by atoms with Gasteiger partial charge in [0.1, 0.15) is 0 Å². The average molecular weight is 238 g/mol.